The minimum atomic E-state index is -0.432. The predicted octanol–water partition coefficient (Wildman–Crippen LogP) is 3.22. The minimum Gasteiger partial charge on any atom is -0.390 e. The topological polar surface area (TPSA) is 23.5 Å². The molecule has 0 unspecified atom stereocenters. The van der Waals surface area contributed by atoms with Crippen LogP contribution in [0, 0.1) is 0 Å². The molecule has 1 aromatic rings. The normalized spacial score (nSPS) is 23.5. The smallest absolute Gasteiger partial charge is 0.0690 e. The first-order valence-electron chi connectivity index (χ1n) is 7.25. The summed E-state index contributed by atoms with van der Waals surface area (Å²) >= 11 is 6.45. The largest absolute Gasteiger partial charge is 0.390 e. The Balaban J connectivity index is 1.72. The first-order valence-corrected chi connectivity index (χ1v) is 7.63. The lowest BCUT2D eigenvalue weighted by atomic mass is 9.88. The Morgan fingerprint density at radius 3 is 2.58 bits per heavy atom. The molecule has 3 rings (SSSR count). The highest BCUT2D eigenvalue weighted by Gasteiger charge is 2.40. The van der Waals surface area contributed by atoms with Gasteiger partial charge < -0.3 is 10.0 Å². The van der Waals surface area contributed by atoms with Gasteiger partial charge in [0, 0.05) is 11.4 Å². The Labute approximate surface area is 120 Å². The number of piperidine rings is 1. The van der Waals surface area contributed by atoms with Gasteiger partial charge in [-0.05, 0) is 68.9 Å². The van der Waals surface area contributed by atoms with E-state index in [-0.39, 0.29) is 0 Å². The van der Waals surface area contributed by atoms with Gasteiger partial charge in [-0.3, -0.25) is 0 Å². The van der Waals surface area contributed by atoms with E-state index in [0.717, 1.165) is 37.4 Å². The van der Waals surface area contributed by atoms with Crippen LogP contribution >= 0.6 is 11.6 Å². The van der Waals surface area contributed by atoms with Gasteiger partial charge in [-0.2, -0.15) is 0 Å². The van der Waals surface area contributed by atoms with E-state index in [2.05, 4.69) is 30.1 Å². The van der Waals surface area contributed by atoms with E-state index in [1.54, 1.807) is 0 Å². The van der Waals surface area contributed by atoms with Crippen LogP contribution in [-0.4, -0.2) is 35.7 Å². The van der Waals surface area contributed by atoms with Gasteiger partial charge in [0.2, 0.25) is 0 Å². The fourth-order valence-corrected chi connectivity index (χ4v) is 3.39. The third-order valence-corrected chi connectivity index (χ3v) is 4.91. The maximum absolute atomic E-state index is 9.97. The molecule has 1 aromatic carbocycles. The van der Waals surface area contributed by atoms with Gasteiger partial charge in [0.05, 0.1) is 5.60 Å². The van der Waals surface area contributed by atoms with E-state index in [9.17, 15) is 5.11 Å². The maximum Gasteiger partial charge on any atom is 0.0690 e. The Morgan fingerprint density at radius 1 is 1.32 bits per heavy atom. The average Bonchev–Trinajstić information content (AvgIpc) is 3.08. The third kappa shape index (κ3) is 3.13. The van der Waals surface area contributed by atoms with Gasteiger partial charge in [0.1, 0.15) is 0 Å². The molecule has 2 aliphatic rings. The number of benzene rings is 1. The summed E-state index contributed by atoms with van der Waals surface area (Å²) in [6.45, 7) is 2.31. The summed E-state index contributed by atoms with van der Waals surface area (Å²) in [4.78, 5) is 2.38. The molecule has 1 saturated heterocycles. The molecule has 0 aromatic heterocycles. The van der Waals surface area contributed by atoms with Crippen LogP contribution in [0.5, 0.6) is 0 Å². The number of halogens is 1. The van der Waals surface area contributed by atoms with Crippen LogP contribution in [-0.2, 0) is 6.42 Å². The molecule has 1 saturated carbocycles. The van der Waals surface area contributed by atoms with Crippen LogP contribution in [0.4, 0.5) is 0 Å². The molecule has 1 heterocycles. The van der Waals surface area contributed by atoms with Crippen molar-refractivity contribution in [1.29, 1.82) is 0 Å². The van der Waals surface area contributed by atoms with Crippen molar-refractivity contribution in [2.45, 2.75) is 43.6 Å². The lowest BCUT2D eigenvalue weighted by Gasteiger charge is -2.29. The van der Waals surface area contributed by atoms with Crippen molar-refractivity contribution >= 4 is 11.6 Å². The minimum absolute atomic E-state index is 0.432. The number of nitrogens with zero attached hydrogens (tertiary/aromatic N) is 1. The second-order valence-electron chi connectivity index (χ2n) is 6.33. The summed E-state index contributed by atoms with van der Waals surface area (Å²) in [5, 5.41) is 10.9. The van der Waals surface area contributed by atoms with Gasteiger partial charge in [0.25, 0.3) is 0 Å². The van der Waals surface area contributed by atoms with Gasteiger partial charge in [0.15, 0.2) is 0 Å². The highest BCUT2D eigenvalue weighted by molar-refractivity contribution is 6.31. The molecular formula is C16H22ClNO. The molecule has 1 N–H and O–H groups in total. The number of hydrogen-bond donors (Lipinski definition) is 1. The molecule has 2 fully saturated rings. The van der Waals surface area contributed by atoms with Crippen LogP contribution < -0.4 is 0 Å². The van der Waals surface area contributed by atoms with Gasteiger partial charge in [-0.1, -0.05) is 23.7 Å². The van der Waals surface area contributed by atoms with Gasteiger partial charge >= 0.3 is 0 Å². The van der Waals surface area contributed by atoms with Crippen molar-refractivity contribution in [1.82, 2.24) is 4.90 Å². The van der Waals surface area contributed by atoms with E-state index in [1.165, 1.54) is 24.0 Å². The first kappa shape index (κ1) is 13.4. The van der Waals surface area contributed by atoms with E-state index in [1.807, 2.05) is 0 Å². The molecule has 0 radical (unpaired) electrons. The summed E-state index contributed by atoms with van der Waals surface area (Å²) in [5.74, 6) is 0.599. The van der Waals surface area contributed by atoms with Crippen molar-refractivity contribution in [3.63, 3.8) is 0 Å². The molecule has 0 atom stereocenters. The predicted molar refractivity (Wildman–Crippen MR) is 78.8 cm³/mol. The Hall–Kier alpha value is -0.570. The van der Waals surface area contributed by atoms with Crippen molar-refractivity contribution < 1.29 is 5.11 Å². The molecule has 0 bridgehead atoms. The number of hydrogen-bond acceptors (Lipinski definition) is 2. The second kappa shape index (κ2) is 5.08. The molecule has 3 heteroatoms. The Bertz CT molecular complexity index is 462. The molecular weight excluding hydrogens is 258 g/mol. The molecule has 2 nitrogen and oxygen atoms in total. The number of aliphatic hydroxyl groups is 1. The maximum atomic E-state index is 9.97. The Morgan fingerprint density at radius 2 is 2.00 bits per heavy atom. The lowest BCUT2D eigenvalue weighted by Crippen LogP contribution is -2.29. The zero-order valence-corrected chi connectivity index (χ0v) is 12.3. The van der Waals surface area contributed by atoms with Crippen molar-refractivity contribution in [2.75, 3.05) is 20.1 Å². The Kier molecular flexibility index (Phi) is 3.59. The fourth-order valence-electron chi connectivity index (χ4n) is 3.03. The number of likely N-dealkylation sites (tertiary alicyclic amines) is 1. The fraction of sp³-hybridized carbons (Fsp3) is 0.625. The summed E-state index contributed by atoms with van der Waals surface area (Å²) in [5.41, 5.74) is 2.03. The van der Waals surface area contributed by atoms with E-state index >= 15 is 0 Å². The third-order valence-electron chi connectivity index (χ3n) is 4.58. The summed E-state index contributed by atoms with van der Waals surface area (Å²) in [7, 11) is 2.18. The lowest BCUT2D eigenvalue weighted by molar-refractivity contribution is 0.151. The highest BCUT2D eigenvalue weighted by Crippen LogP contribution is 2.39. The van der Waals surface area contributed by atoms with Crippen LogP contribution in [0.1, 0.15) is 42.7 Å². The summed E-state index contributed by atoms with van der Waals surface area (Å²) in [6.07, 6.45) is 5.00. The van der Waals surface area contributed by atoms with Crippen LogP contribution in [0.15, 0.2) is 18.2 Å². The van der Waals surface area contributed by atoms with Gasteiger partial charge in [-0.25, -0.2) is 0 Å². The molecule has 104 valence electrons. The van der Waals surface area contributed by atoms with E-state index in [0.29, 0.717) is 5.92 Å². The van der Waals surface area contributed by atoms with Crippen LogP contribution in [0.3, 0.4) is 0 Å². The molecule has 1 aliphatic carbocycles. The monoisotopic (exact) mass is 279 g/mol. The molecule has 19 heavy (non-hydrogen) atoms. The van der Waals surface area contributed by atoms with Crippen molar-refractivity contribution in [3.8, 4) is 0 Å². The second-order valence-corrected chi connectivity index (χ2v) is 6.74. The number of rotatable bonds is 3. The molecule has 0 amide bonds. The van der Waals surface area contributed by atoms with Crippen LogP contribution in [0.2, 0.25) is 5.02 Å². The summed E-state index contributed by atoms with van der Waals surface area (Å²) < 4.78 is 0. The van der Waals surface area contributed by atoms with Crippen LogP contribution in [0.25, 0.3) is 0 Å². The van der Waals surface area contributed by atoms with E-state index < -0.39 is 5.60 Å². The first-order chi connectivity index (χ1) is 9.06. The zero-order valence-electron chi connectivity index (χ0n) is 11.5. The molecule has 1 aliphatic heterocycles. The quantitative estimate of drug-likeness (QED) is 0.918. The van der Waals surface area contributed by atoms with Crippen molar-refractivity contribution in [2.24, 2.45) is 0 Å². The van der Waals surface area contributed by atoms with Gasteiger partial charge in [-0.15, -0.1) is 0 Å². The standard InChI is InChI=1S/C16H22ClNO/c1-18-8-4-13(5-9-18)14-3-2-12(10-15(14)17)11-16(19)6-7-16/h2-3,10,13,19H,4-9,11H2,1H3. The molecule has 0 spiro atoms. The zero-order chi connectivity index (χ0) is 13.5. The summed E-state index contributed by atoms with van der Waals surface area (Å²) in [6, 6.07) is 6.39. The SMILES string of the molecule is CN1CCC(c2ccc(CC3(O)CC3)cc2Cl)CC1. The average molecular weight is 280 g/mol. The van der Waals surface area contributed by atoms with E-state index in [4.69, 9.17) is 11.6 Å². The highest BCUT2D eigenvalue weighted by atomic mass is 35.5. The van der Waals surface area contributed by atoms with Crippen molar-refractivity contribution in [3.05, 3.63) is 34.3 Å².